The maximum atomic E-state index is 11.2. The van der Waals surface area contributed by atoms with Crippen molar-refractivity contribution < 1.29 is 4.79 Å². The number of hydrogen-bond acceptors (Lipinski definition) is 1. The molecule has 15 heavy (non-hydrogen) atoms. The number of rotatable bonds is 2. The molecule has 1 N–H and O–H groups in total. The van der Waals surface area contributed by atoms with Crippen molar-refractivity contribution in [1.29, 1.82) is 0 Å². The fourth-order valence-electron chi connectivity index (χ4n) is 2.14. The average molecular weight is 224 g/mol. The Morgan fingerprint density at radius 2 is 2.27 bits per heavy atom. The van der Waals surface area contributed by atoms with Gasteiger partial charge in [0.2, 0.25) is 5.91 Å². The van der Waals surface area contributed by atoms with Gasteiger partial charge >= 0.3 is 0 Å². The Hall–Kier alpha value is -1.02. The van der Waals surface area contributed by atoms with E-state index in [9.17, 15) is 4.79 Å². The third kappa shape index (κ3) is 2.32. The number of halogens is 1. The predicted molar refractivity (Wildman–Crippen MR) is 61.0 cm³/mol. The first kappa shape index (κ1) is 10.5. The van der Waals surface area contributed by atoms with Gasteiger partial charge < -0.3 is 5.32 Å². The van der Waals surface area contributed by atoms with Gasteiger partial charge in [0.1, 0.15) is 5.88 Å². The van der Waals surface area contributed by atoms with Crippen molar-refractivity contribution in [2.24, 2.45) is 0 Å². The van der Waals surface area contributed by atoms with Gasteiger partial charge in [-0.25, -0.2) is 0 Å². The van der Waals surface area contributed by atoms with Crippen molar-refractivity contribution in [1.82, 2.24) is 5.32 Å². The molecule has 1 aliphatic carbocycles. The van der Waals surface area contributed by atoms with Crippen LogP contribution in [0.3, 0.4) is 0 Å². The van der Waals surface area contributed by atoms with Gasteiger partial charge in [-0.2, -0.15) is 0 Å². The first-order chi connectivity index (χ1) is 7.31. The van der Waals surface area contributed by atoms with E-state index in [2.05, 4.69) is 17.4 Å². The summed E-state index contributed by atoms with van der Waals surface area (Å²) >= 11 is 5.49. The SMILES string of the molecule is O=C(CCl)N[C@@H]1CCCc2ccccc21. The van der Waals surface area contributed by atoms with Crippen molar-refractivity contribution >= 4 is 17.5 Å². The third-order valence-corrected chi connectivity index (χ3v) is 3.07. The van der Waals surface area contributed by atoms with E-state index in [0.717, 1.165) is 19.3 Å². The van der Waals surface area contributed by atoms with Crippen molar-refractivity contribution in [2.45, 2.75) is 25.3 Å². The Morgan fingerprint density at radius 1 is 1.47 bits per heavy atom. The van der Waals surface area contributed by atoms with Crippen LogP contribution in [0.2, 0.25) is 0 Å². The number of carbonyl (C=O) groups is 1. The smallest absolute Gasteiger partial charge is 0.235 e. The molecule has 1 aromatic rings. The normalized spacial score (nSPS) is 19.4. The summed E-state index contributed by atoms with van der Waals surface area (Å²) in [6.45, 7) is 0. The van der Waals surface area contributed by atoms with Gasteiger partial charge in [0.05, 0.1) is 6.04 Å². The first-order valence-electron chi connectivity index (χ1n) is 5.24. The fourth-order valence-corrected chi connectivity index (χ4v) is 2.21. The molecule has 0 radical (unpaired) electrons. The Bertz CT molecular complexity index is 364. The number of benzene rings is 1. The van der Waals surface area contributed by atoms with E-state index >= 15 is 0 Å². The van der Waals surface area contributed by atoms with Crippen LogP contribution in [0.5, 0.6) is 0 Å². The summed E-state index contributed by atoms with van der Waals surface area (Å²) in [6.07, 6.45) is 3.26. The molecule has 1 atom stereocenters. The van der Waals surface area contributed by atoms with E-state index < -0.39 is 0 Å². The van der Waals surface area contributed by atoms with Gasteiger partial charge in [-0.3, -0.25) is 4.79 Å². The number of aryl methyl sites for hydroxylation is 1. The van der Waals surface area contributed by atoms with Crippen molar-refractivity contribution in [3.8, 4) is 0 Å². The quantitative estimate of drug-likeness (QED) is 0.767. The van der Waals surface area contributed by atoms with Crippen LogP contribution in [0.15, 0.2) is 24.3 Å². The van der Waals surface area contributed by atoms with E-state index in [1.807, 2.05) is 12.1 Å². The molecule has 80 valence electrons. The average Bonchev–Trinajstić information content (AvgIpc) is 2.29. The van der Waals surface area contributed by atoms with Crippen molar-refractivity contribution in [2.75, 3.05) is 5.88 Å². The second-order valence-corrected chi connectivity index (χ2v) is 4.11. The van der Waals surface area contributed by atoms with E-state index in [1.54, 1.807) is 0 Å². The summed E-state index contributed by atoms with van der Waals surface area (Å²) in [7, 11) is 0. The summed E-state index contributed by atoms with van der Waals surface area (Å²) in [5.41, 5.74) is 2.60. The van der Waals surface area contributed by atoms with Crippen LogP contribution >= 0.6 is 11.6 Å². The molecule has 0 bridgehead atoms. The molecule has 2 rings (SSSR count). The third-order valence-electron chi connectivity index (χ3n) is 2.83. The zero-order valence-corrected chi connectivity index (χ0v) is 9.26. The van der Waals surface area contributed by atoms with Gasteiger partial charge in [-0.1, -0.05) is 24.3 Å². The van der Waals surface area contributed by atoms with E-state index in [-0.39, 0.29) is 17.8 Å². The second kappa shape index (κ2) is 4.67. The molecule has 1 aromatic carbocycles. The molecule has 2 nitrogen and oxygen atoms in total. The number of hydrogen-bond donors (Lipinski definition) is 1. The molecule has 0 saturated heterocycles. The molecule has 0 heterocycles. The summed E-state index contributed by atoms with van der Waals surface area (Å²) in [5, 5.41) is 2.95. The minimum absolute atomic E-state index is 0.0403. The summed E-state index contributed by atoms with van der Waals surface area (Å²) in [4.78, 5) is 11.2. The van der Waals surface area contributed by atoms with Crippen LogP contribution in [0.4, 0.5) is 0 Å². The molecule has 0 fully saturated rings. The number of amides is 1. The highest BCUT2D eigenvalue weighted by Gasteiger charge is 2.20. The Labute approximate surface area is 94.6 Å². The number of carbonyl (C=O) groups excluding carboxylic acids is 1. The van der Waals surface area contributed by atoms with E-state index in [4.69, 9.17) is 11.6 Å². The molecule has 0 aliphatic heterocycles. The molecular weight excluding hydrogens is 210 g/mol. The highest BCUT2D eigenvalue weighted by molar-refractivity contribution is 6.27. The molecule has 1 aliphatic rings. The molecule has 1 amide bonds. The topological polar surface area (TPSA) is 29.1 Å². The fraction of sp³-hybridized carbons (Fsp3) is 0.417. The highest BCUT2D eigenvalue weighted by Crippen LogP contribution is 2.29. The van der Waals surface area contributed by atoms with Crippen LogP contribution in [0.1, 0.15) is 30.0 Å². The molecule has 0 spiro atoms. The van der Waals surface area contributed by atoms with Crippen LogP contribution < -0.4 is 5.32 Å². The minimum Gasteiger partial charge on any atom is -0.348 e. The Kier molecular flexibility index (Phi) is 3.27. The van der Waals surface area contributed by atoms with Crippen LogP contribution in [-0.2, 0) is 11.2 Å². The predicted octanol–water partition coefficient (Wildman–Crippen LogP) is 2.42. The lowest BCUT2D eigenvalue weighted by molar-refractivity contribution is -0.119. The molecule has 0 unspecified atom stereocenters. The molecular formula is C12H14ClNO. The Balaban J connectivity index is 2.18. The first-order valence-corrected chi connectivity index (χ1v) is 5.78. The summed E-state index contributed by atoms with van der Waals surface area (Å²) in [5.74, 6) is -0.0445. The number of fused-ring (bicyclic) bond motifs is 1. The van der Waals surface area contributed by atoms with Gasteiger partial charge in [0.25, 0.3) is 0 Å². The summed E-state index contributed by atoms with van der Waals surface area (Å²) in [6, 6.07) is 8.44. The zero-order chi connectivity index (χ0) is 10.7. The van der Waals surface area contributed by atoms with Crippen LogP contribution in [0.25, 0.3) is 0 Å². The van der Waals surface area contributed by atoms with Crippen molar-refractivity contribution in [3.05, 3.63) is 35.4 Å². The maximum absolute atomic E-state index is 11.2. The number of nitrogens with one attached hydrogen (secondary N) is 1. The maximum Gasteiger partial charge on any atom is 0.235 e. The van der Waals surface area contributed by atoms with Crippen LogP contribution in [-0.4, -0.2) is 11.8 Å². The lowest BCUT2D eigenvalue weighted by Crippen LogP contribution is -2.31. The monoisotopic (exact) mass is 223 g/mol. The Morgan fingerprint density at radius 3 is 3.07 bits per heavy atom. The standard InChI is InChI=1S/C12H14ClNO/c13-8-12(15)14-11-7-3-5-9-4-1-2-6-10(9)11/h1-2,4,6,11H,3,5,7-8H2,(H,14,15)/t11-/m1/s1. The summed E-state index contributed by atoms with van der Waals surface area (Å²) < 4.78 is 0. The number of alkyl halides is 1. The lowest BCUT2D eigenvalue weighted by Gasteiger charge is -2.26. The van der Waals surface area contributed by atoms with Gasteiger partial charge in [-0.05, 0) is 30.4 Å². The highest BCUT2D eigenvalue weighted by atomic mass is 35.5. The van der Waals surface area contributed by atoms with E-state index in [1.165, 1.54) is 11.1 Å². The van der Waals surface area contributed by atoms with Gasteiger partial charge in [0.15, 0.2) is 0 Å². The zero-order valence-electron chi connectivity index (χ0n) is 8.50. The van der Waals surface area contributed by atoms with Gasteiger partial charge in [0, 0.05) is 0 Å². The van der Waals surface area contributed by atoms with Crippen molar-refractivity contribution in [3.63, 3.8) is 0 Å². The van der Waals surface area contributed by atoms with E-state index in [0.29, 0.717) is 0 Å². The molecule has 3 heteroatoms. The second-order valence-electron chi connectivity index (χ2n) is 3.84. The van der Waals surface area contributed by atoms with Gasteiger partial charge in [-0.15, -0.1) is 11.6 Å². The lowest BCUT2D eigenvalue weighted by atomic mass is 9.88. The molecule has 0 aromatic heterocycles. The van der Waals surface area contributed by atoms with Crippen LogP contribution in [0, 0.1) is 0 Å². The molecule has 0 saturated carbocycles. The minimum atomic E-state index is -0.0848. The largest absolute Gasteiger partial charge is 0.348 e.